The molecular weight excluding hydrogens is 192 g/mol. The van der Waals surface area contributed by atoms with Crippen LogP contribution in [0.15, 0.2) is 0 Å². The van der Waals surface area contributed by atoms with Gasteiger partial charge in [0, 0.05) is 32.0 Å². The normalized spacial score (nSPS) is 31.0. The zero-order chi connectivity index (χ0) is 10.8. The van der Waals surface area contributed by atoms with Gasteiger partial charge in [0.05, 0.1) is 0 Å². The molecule has 0 spiro atoms. The minimum Gasteiger partial charge on any atom is -0.353 e. The Morgan fingerprint density at radius 1 is 1.47 bits per heavy atom. The van der Waals surface area contributed by atoms with Crippen LogP contribution in [0.3, 0.4) is 0 Å². The van der Waals surface area contributed by atoms with Crippen molar-refractivity contribution >= 4 is 11.8 Å². The largest absolute Gasteiger partial charge is 0.353 e. The fraction of sp³-hybridized carbons (Fsp3) is 0.818. The van der Waals surface area contributed by atoms with Gasteiger partial charge in [0.25, 0.3) is 0 Å². The topological polar surface area (TPSA) is 49.4 Å². The average molecular weight is 210 g/mol. The Balaban J connectivity index is 1.93. The molecule has 0 aromatic rings. The van der Waals surface area contributed by atoms with Crippen molar-refractivity contribution in [2.45, 2.75) is 51.1 Å². The Morgan fingerprint density at radius 3 is 3.00 bits per heavy atom. The molecule has 2 rings (SSSR count). The summed E-state index contributed by atoms with van der Waals surface area (Å²) in [5.41, 5.74) is 0. The minimum absolute atomic E-state index is 0.0376. The summed E-state index contributed by atoms with van der Waals surface area (Å²) in [4.78, 5) is 24.5. The Morgan fingerprint density at radius 2 is 2.27 bits per heavy atom. The number of hydrogen-bond acceptors (Lipinski definition) is 2. The van der Waals surface area contributed by atoms with Gasteiger partial charge in [0.1, 0.15) is 0 Å². The zero-order valence-electron chi connectivity index (χ0n) is 9.16. The van der Waals surface area contributed by atoms with E-state index >= 15 is 0 Å². The van der Waals surface area contributed by atoms with Crippen molar-refractivity contribution in [3.05, 3.63) is 0 Å². The van der Waals surface area contributed by atoms with Crippen molar-refractivity contribution in [3.8, 4) is 0 Å². The summed E-state index contributed by atoms with van der Waals surface area (Å²) in [5, 5.41) is 2.95. The van der Waals surface area contributed by atoms with Crippen molar-refractivity contribution in [3.63, 3.8) is 0 Å². The van der Waals surface area contributed by atoms with E-state index in [4.69, 9.17) is 0 Å². The molecule has 2 aliphatic heterocycles. The molecular formula is C11H18N2O2. The van der Waals surface area contributed by atoms with Crippen LogP contribution in [0.1, 0.15) is 39.0 Å². The summed E-state index contributed by atoms with van der Waals surface area (Å²) in [6, 6.07) is 0.645. The maximum absolute atomic E-state index is 11.6. The molecule has 2 saturated heterocycles. The number of rotatable bonds is 1. The lowest BCUT2D eigenvalue weighted by atomic mass is 9.90. The van der Waals surface area contributed by atoms with E-state index in [0.29, 0.717) is 18.4 Å². The molecule has 84 valence electrons. The predicted molar refractivity (Wildman–Crippen MR) is 56.2 cm³/mol. The van der Waals surface area contributed by atoms with E-state index in [2.05, 4.69) is 5.32 Å². The number of carbonyl (C=O) groups is 2. The molecule has 0 aromatic heterocycles. The van der Waals surface area contributed by atoms with E-state index in [1.807, 2.05) is 4.90 Å². The highest BCUT2D eigenvalue weighted by Crippen LogP contribution is 2.26. The molecule has 0 saturated carbocycles. The Labute approximate surface area is 90.0 Å². The molecule has 0 radical (unpaired) electrons. The van der Waals surface area contributed by atoms with Crippen LogP contribution in [0.5, 0.6) is 0 Å². The number of carbonyl (C=O) groups excluding carboxylic acids is 2. The molecule has 4 heteroatoms. The van der Waals surface area contributed by atoms with E-state index in [1.165, 1.54) is 0 Å². The molecule has 2 unspecified atom stereocenters. The third-order valence-corrected chi connectivity index (χ3v) is 3.37. The molecule has 0 bridgehead atoms. The maximum Gasteiger partial charge on any atom is 0.222 e. The van der Waals surface area contributed by atoms with Crippen LogP contribution < -0.4 is 5.32 Å². The second-order valence-corrected chi connectivity index (χ2v) is 4.56. The summed E-state index contributed by atoms with van der Waals surface area (Å²) < 4.78 is 0. The molecule has 15 heavy (non-hydrogen) atoms. The molecule has 2 heterocycles. The highest BCUT2D eigenvalue weighted by atomic mass is 16.2. The van der Waals surface area contributed by atoms with Gasteiger partial charge < -0.3 is 10.2 Å². The number of nitrogens with zero attached hydrogens (tertiary/aromatic N) is 1. The van der Waals surface area contributed by atoms with Crippen molar-refractivity contribution < 1.29 is 9.59 Å². The molecule has 1 N–H and O–H groups in total. The van der Waals surface area contributed by atoms with Gasteiger partial charge in [0.15, 0.2) is 0 Å². The van der Waals surface area contributed by atoms with E-state index in [0.717, 1.165) is 32.2 Å². The van der Waals surface area contributed by atoms with Gasteiger partial charge in [-0.3, -0.25) is 9.59 Å². The van der Waals surface area contributed by atoms with Gasteiger partial charge >= 0.3 is 0 Å². The molecule has 0 aliphatic carbocycles. The Kier molecular flexibility index (Phi) is 2.93. The molecule has 2 atom stereocenters. The van der Waals surface area contributed by atoms with Gasteiger partial charge in [-0.05, 0) is 25.7 Å². The highest BCUT2D eigenvalue weighted by Gasteiger charge is 2.33. The van der Waals surface area contributed by atoms with Gasteiger partial charge in [-0.2, -0.15) is 0 Å². The van der Waals surface area contributed by atoms with Crippen LogP contribution in [0.4, 0.5) is 0 Å². The second-order valence-electron chi connectivity index (χ2n) is 4.56. The van der Waals surface area contributed by atoms with E-state index in [-0.39, 0.29) is 11.9 Å². The standard InChI is InChI=1S/C11H18N2O2/c1-8(14)12-9-5-6-13-10(7-9)3-2-4-11(13)15/h9-10H,2-7H2,1H3,(H,12,14). The van der Waals surface area contributed by atoms with E-state index in [1.54, 1.807) is 6.92 Å². The number of fused-ring (bicyclic) bond motifs is 1. The van der Waals surface area contributed by atoms with Crippen LogP contribution in [-0.2, 0) is 9.59 Å². The zero-order valence-corrected chi connectivity index (χ0v) is 9.16. The molecule has 2 amide bonds. The van der Waals surface area contributed by atoms with E-state index < -0.39 is 0 Å². The van der Waals surface area contributed by atoms with Crippen molar-refractivity contribution in [2.75, 3.05) is 6.54 Å². The van der Waals surface area contributed by atoms with Crippen molar-refractivity contribution in [1.82, 2.24) is 10.2 Å². The first-order chi connectivity index (χ1) is 7.16. The molecule has 2 aliphatic rings. The Bertz CT molecular complexity index is 278. The lowest BCUT2D eigenvalue weighted by molar-refractivity contribution is -0.138. The van der Waals surface area contributed by atoms with Gasteiger partial charge in [-0.15, -0.1) is 0 Å². The number of nitrogens with one attached hydrogen (secondary N) is 1. The summed E-state index contributed by atoms with van der Waals surface area (Å²) >= 11 is 0. The third-order valence-electron chi connectivity index (χ3n) is 3.37. The number of amides is 2. The smallest absolute Gasteiger partial charge is 0.222 e. The third kappa shape index (κ3) is 2.30. The van der Waals surface area contributed by atoms with Crippen LogP contribution in [0.2, 0.25) is 0 Å². The summed E-state index contributed by atoms with van der Waals surface area (Å²) in [7, 11) is 0. The lowest BCUT2D eigenvalue weighted by Gasteiger charge is -2.42. The van der Waals surface area contributed by atoms with Crippen molar-refractivity contribution in [2.24, 2.45) is 0 Å². The number of hydrogen-bond donors (Lipinski definition) is 1. The van der Waals surface area contributed by atoms with Crippen LogP contribution in [0, 0.1) is 0 Å². The molecule has 2 fully saturated rings. The lowest BCUT2D eigenvalue weighted by Crippen LogP contribution is -2.53. The first-order valence-corrected chi connectivity index (χ1v) is 5.73. The summed E-state index contributed by atoms with van der Waals surface area (Å²) in [6.07, 6.45) is 4.66. The maximum atomic E-state index is 11.6. The van der Waals surface area contributed by atoms with Crippen LogP contribution >= 0.6 is 0 Å². The molecule has 4 nitrogen and oxygen atoms in total. The predicted octanol–water partition coefficient (Wildman–Crippen LogP) is 0.666. The van der Waals surface area contributed by atoms with Crippen LogP contribution in [-0.4, -0.2) is 35.3 Å². The summed E-state index contributed by atoms with van der Waals surface area (Å²) in [6.45, 7) is 2.37. The first kappa shape index (κ1) is 10.5. The van der Waals surface area contributed by atoms with Crippen LogP contribution in [0.25, 0.3) is 0 Å². The fourth-order valence-electron chi connectivity index (χ4n) is 2.70. The highest BCUT2D eigenvalue weighted by molar-refractivity contribution is 5.77. The fourth-order valence-corrected chi connectivity index (χ4v) is 2.70. The van der Waals surface area contributed by atoms with Gasteiger partial charge in [-0.1, -0.05) is 0 Å². The van der Waals surface area contributed by atoms with Gasteiger partial charge in [0.2, 0.25) is 11.8 Å². The minimum atomic E-state index is 0.0376. The van der Waals surface area contributed by atoms with Gasteiger partial charge in [-0.25, -0.2) is 0 Å². The average Bonchev–Trinajstić information content (AvgIpc) is 2.17. The number of piperidine rings is 2. The van der Waals surface area contributed by atoms with Crippen molar-refractivity contribution in [1.29, 1.82) is 0 Å². The van der Waals surface area contributed by atoms with E-state index in [9.17, 15) is 9.59 Å². The first-order valence-electron chi connectivity index (χ1n) is 5.73. The monoisotopic (exact) mass is 210 g/mol. The summed E-state index contributed by atoms with van der Waals surface area (Å²) in [5.74, 6) is 0.336. The Hall–Kier alpha value is -1.06. The SMILES string of the molecule is CC(=O)NC1CCN2C(=O)CCCC2C1. The quantitative estimate of drug-likeness (QED) is 0.691. The molecule has 0 aromatic carbocycles. The second kappa shape index (κ2) is 4.21.